The van der Waals surface area contributed by atoms with Crippen LogP contribution in [-0.2, 0) is 18.9 Å². The predicted octanol–water partition coefficient (Wildman–Crippen LogP) is -2.14. The lowest BCUT2D eigenvalue weighted by Gasteiger charge is -2.21. The molecule has 0 spiro atoms. The molecule has 0 aliphatic heterocycles. The van der Waals surface area contributed by atoms with Crippen molar-refractivity contribution in [1.82, 2.24) is 21.3 Å². The molecule has 0 fully saturated rings. The first kappa shape index (κ1) is 20.5. The van der Waals surface area contributed by atoms with E-state index in [0.717, 1.165) is 6.92 Å². The van der Waals surface area contributed by atoms with Crippen LogP contribution < -0.4 is 21.3 Å². The summed E-state index contributed by atoms with van der Waals surface area (Å²) in [7, 11) is -2.86. The Bertz CT molecular complexity index is 465. The maximum absolute atomic E-state index is 11.8. The molecule has 0 aliphatic carbocycles. The van der Waals surface area contributed by atoms with Crippen molar-refractivity contribution >= 4 is 25.3 Å². The fourth-order valence-corrected chi connectivity index (χ4v) is 1.63. The van der Waals surface area contributed by atoms with Gasteiger partial charge in [-0.2, -0.15) is 0 Å². The van der Waals surface area contributed by atoms with E-state index in [0.29, 0.717) is 0 Å². The number of rotatable bonds is 8. The van der Waals surface area contributed by atoms with E-state index >= 15 is 0 Å². The molecule has 0 radical (unpaired) electrons. The van der Waals surface area contributed by atoms with Crippen LogP contribution in [0.5, 0.6) is 0 Å². The number of hydrogen-bond acceptors (Lipinski definition) is 5. The normalized spacial score (nSPS) is 15.4. The molecular weight excluding hydrogens is 315 g/mol. The van der Waals surface area contributed by atoms with Gasteiger partial charge in [-0.3, -0.25) is 18.9 Å². The van der Waals surface area contributed by atoms with E-state index in [-0.39, 0.29) is 12.5 Å². The van der Waals surface area contributed by atoms with Crippen molar-refractivity contribution in [3.8, 4) is 0 Å². The molecular formula is C11H23N4O6P. The van der Waals surface area contributed by atoms with Gasteiger partial charge in [0.15, 0.2) is 0 Å². The average molecular weight is 338 g/mol. The highest BCUT2D eigenvalue weighted by Gasteiger charge is 2.28. The fourth-order valence-electron chi connectivity index (χ4n) is 1.34. The Morgan fingerprint density at radius 2 is 1.41 bits per heavy atom. The Morgan fingerprint density at radius 3 is 1.86 bits per heavy atom. The molecule has 128 valence electrons. The molecule has 0 aromatic heterocycles. The predicted molar refractivity (Wildman–Crippen MR) is 78.8 cm³/mol. The third-order valence-electron chi connectivity index (χ3n) is 2.72. The van der Waals surface area contributed by atoms with E-state index in [2.05, 4.69) is 21.3 Å². The molecule has 22 heavy (non-hydrogen) atoms. The van der Waals surface area contributed by atoms with Gasteiger partial charge in [-0.25, -0.2) is 0 Å². The first-order valence-corrected chi connectivity index (χ1v) is 8.27. The van der Waals surface area contributed by atoms with Crippen LogP contribution in [0.15, 0.2) is 0 Å². The zero-order valence-corrected chi connectivity index (χ0v) is 13.8. The minimum atomic E-state index is -4.44. The summed E-state index contributed by atoms with van der Waals surface area (Å²) in [6, 6.07) is -1.86. The van der Waals surface area contributed by atoms with E-state index in [1.54, 1.807) is 7.05 Å². The van der Waals surface area contributed by atoms with Crippen molar-refractivity contribution in [2.45, 2.75) is 38.6 Å². The zero-order chi connectivity index (χ0) is 17.5. The Hall–Kier alpha value is -1.48. The highest BCUT2D eigenvalue weighted by Crippen LogP contribution is 2.38. The van der Waals surface area contributed by atoms with E-state index in [1.165, 1.54) is 13.8 Å². The van der Waals surface area contributed by atoms with E-state index in [1.807, 2.05) is 0 Å². The van der Waals surface area contributed by atoms with Gasteiger partial charge in [0.25, 0.3) is 0 Å². The molecule has 10 nitrogen and oxygen atoms in total. The van der Waals surface area contributed by atoms with Gasteiger partial charge in [0.05, 0.1) is 6.54 Å². The molecule has 3 atom stereocenters. The van der Waals surface area contributed by atoms with Crippen molar-refractivity contribution in [2.24, 2.45) is 0 Å². The number of carbonyl (C=O) groups is 3. The second-order valence-corrected chi connectivity index (χ2v) is 6.78. The van der Waals surface area contributed by atoms with Gasteiger partial charge < -0.3 is 31.1 Å². The summed E-state index contributed by atoms with van der Waals surface area (Å²) in [4.78, 5) is 52.6. The first-order chi connectivity index (χ1) is 9.98. The van der Waals surface area contributed by atoms with Crippen LogP contribution in [-0.4, -0.2) is 59.0 Å². The van der Waals surface area contributed by atoms with Crippen LogP contribution in [0.25, 0.3) is 0 Å². The van der Waals surface area contributed by atoms with E-state index in [4.69, 9.17) is 9.79 Å². The SMILES string of the molecule is CNCC(=O)N[C@@H](C)C(=O)N[C@@H](C)C(=O)N[C@@H](C)P(=O)(O)O. The van der Waals surface area contributed by atoms with Crippen LogP contribution in [0.4, 0.5) is 0 Å². The van der Waals surface area contributed by atoms with Crippen molar-refractivity contribution in [3.63, 3.8) is 0 Å². The quantitative estimate of drug-likeness (QED) is 0.276. The molecule has 3 amide bonds. The highest BCUT2D eigenvalue weighted by molar-refractivity contribution is 7.52. The maximum atomic E-state index is 11.8. The summed E-state index contributed by atoms with van der Waals surface area (Å²) >= 11 is 0. The zero-order valence-electron chi connectivity index (χ0n) is 12.9. The lowest BCUT2D eigenvalue weighted by molar-refractivity contribution is -0.131. The molecule has 0 bridgehead atoms. The van der Waals surface area contributed by atoms with Crippen LogP contribution in [0.3, 0.4) is 0 Å². The molecule has 0 aromatic rings. The lowest BCUT2D eigenvalue weighted by Crippen LogP contribution is -2.53. The smallest absolute Gasteiger partial charge is 0.343 e. The monoisotopic (exact) mass is 338 g/mol. The summed E-state index contributed by atoms with van der Waals surface area (Å²) in [6.45, 7) is 4.02. The van der Waals surface area contributed by atoms with Gasteiger partial charge in [-0.05, 0) is 27.8 Å². The molecule has 0 unspecified atom stereocenters. The molecule has 0 saturated heterocycles. The number of nitrogens with one attached hydrogen (secondary N) is 4. The van der Waals surface area contributed by atoms with Crippen molar-refractivity contribution in [1.29, 1.82) is 0 Å². The Labute approximate surface area is 128 Å². The van der Waals surface area contributed by atoms with Crippen LogP contribution in [0.1, 0.15) is 20.8 Å². The summed E-state index contributed by atoms with van der Waals surface area (Å²) in [5, 5.41) is 9.50. The number of amides is 3. The third-order valence-corrected chi connectivity index (χ3v) is 3.85. The average Bonchev–Trinajstić information content (AvgIpc) is 2.37. The molecule has 0 heterocycles. The van der Waals surface area contributed by atoms with Crippen molar-refractivity contribution in [3.05, 3.63) is 0 Å². The minimum absolute atomic E-state index is 0.0491. The van der Waals surface area contributed by atoms with Gasteiger partial charge in [0.2, 0.25) is 17.7 Å². The Balaban J connectivity index is 4.43. The molecule has 0 aliphatic rings. The summed E-state index contributed by atoms with van der Waals surface area (Å²) in [5.41, 5.74) is 0. The van der Waals surface area contributed by atoms with Gasteiger partial charge in [-0.15, -0.1) is 0 Å². The number of hydrogen-bond donors (Lipinski definition) is 6. The first-order valence-electron chi connectivity index (χ1n) is 6.59. The van der Waals surface area contributed by atoms with Crippen LogP contribution in [0, 0.1) is 0 Å². The lowest BCUT2D eigenvalue weighted by atomic mass is 10.2. The molecule has 6 N–H and O–H groups in total. The van der Waals surface area contributed by atoms with Crippen molar-refractivity contribution < 1.29 is 28.7 Å². The second kappa shape index (κ2) is 8.84. The summed E-state index contributed by atoms with van der Waals surface area (Å²) in [6.07, 6.45) is 0. The molecule has 11 heteroatoms. The largest absolute Gasteiger partial charge is 0.347 e. The van der Waals surface area contributed by atoms with Gasteiger partial charge >= 0.3 is 7.60 Å². The van der Waals surface area contributed by atoms with Crippen LogP contribution in [0.2, 0.25) is 0 Å². The standard InChI is InChI=1S/C11H23N4O6P/c1-6(13-9(16)5-12-4)10(17)14-7(2)11(18)15-8(3)22(19,20)21/h6-8,12H,5H2,1-4H3,(H,13,16)(H,14,17)(H,15,18)(H2,19,20,21)/t6-,7-,8+/m0/s1. The van der Waals surface area contributed by atoms with E-state index < -0.39 is 37.3 Å². The minimum Gasteiger partial charge on any atom is -0.343 e. The topological polar surface area (TPSA) is 157 Å². The Kier molecular flexibility index (Phi) is 8.25. The van der Waals surface area contributed by atoms with Crippen molar-refractivity contribution in [2.75, 3.05) is 13.6 Å². The Morgan fingerprint density at radius 1 is 0.955 bits per heavy atom. The van der Waals surface area contributed by atoms with Gasteiger partial charge in [0, 0.05) is 0 Å². The van der Waals surface area contributed by atoms with Gasteiger partial charge in [0.1, 0.15) is 17.9 Å². The highest BCUT2D eigenvalue weighted by atomic mass is 31.2. The third kappa shape index (κ3) is 7.51. The molecule has 0 saturated carbocycles. The van der Waals surface area contributed by atoms with Gasteiger partial charge in [-0.1, -0.05) is 0 Å². The molecule has 0 rings (SSSR count). The fraction of sp³-hybridized carbons (Fsp3) is 0.727. The summed E-state index contributed by atoms with van der Waals surface area (Å²) < 4.78 is 10.9. The number of likely N-dealkylation sites (N-methyl/N-ethyl adjacent to an activating group) is 1. The summed E-state index contributed by atoms with van der Waals surface area (Å²) in [5.74, 6) is -3.06. The van der Waals surface area contributed by atoms with Crippen LogP contribution >= 0.6 is 7.60 Å². The maximum Gasteiger partial charge on any atom is 0.347 e. The number of carbonyl (C=O) groups excluding carboxylic acids is 3. The second-order valence-electron chi connectivity index (χ2n) is 4.82. The van der Waals surface area contributed by atoms with E-state index in [9.17, 15) is 18.9 Å². The molecule has 0 aromatic carbocycles.